The Bertz CT molecular complexity index is 612. The second-order valence-corrected chi connectivity index (χ2v) is 4.21. The van der Waals surface area contributed by atoms with Crippen molar-refractivity contribution in [3.63, 3.8) is 0 Å². The number of aryl methyl sites for hydroxylation is 1. The molecule has 1 heterocycles. The van der Waals surface area contributed by atoms with Gasteiger partial charge in [-0.1, -0.05) is 0 Å². The predicted octanol–water partition coefficient (Wildman–Crippen LogP) is 3.66. The smallest absolute Gasteiger partial charge is 0.416 e. The Morgan fingerprint density at radius 2 is 2.00 bits per heavy atom. The minimum absolute atomic E-state index is 0.00320. The first-order valence-corrected chi connectivity index (χ1v) is 5.91. The molecular formula is C14H13F3N2O. The summed E-state index contributed by atoms with van der Waals surface area (Å²) in [7, 11) is 0. The van der Waals surface area contributed by atoms with Crippen molar-refractivity contribution in [2.45, 2.75) is 19.6 Å². The van der Waals surface area contributed by atoms with E-state index in [0.29, 0.717) is 17.2 Å². The van der Waals surface area contributed by atoms with Crippen LogP contribution in [0.1, 0.15) is 16.8 Å². The molecule has 0 saturated carbocycles. The van der Waals surface area contributed by atoms with E-state index in [-0.39, 0.29) is 12.1 Å². The largest absolute Gasteiger partial charge is 0.455 e. The van der Waals surface area contributed by atoms with Gasteiger partial charge in [-0.15, -0.1) is 0 Å². The highest BCUT2D eigenvalue weighted by atomic mass is 19.4. The third kappa shape index (κ3) is 3.08. The lowest BCUT2D eigenvalue weighted by Gasteiger charge is -2.14. The van der Waals surface area contributed by atoms with E-state index in [2.05, 4.69) is 4.98 Å². The zero-order chi connectivity index (χ0) is 14.8. The van der Waals surface area contributed by atoms with Crippen LogP contribution in [0.5, 0.6) is 11.5 Å². The van der Waals surface area contributed by atoms with Gasteiger partial charge >= 0.3 is 6.18 Å². The van der Waals surface area contributed by atoms with Crippen molar-refractivity contribution in [3.8, 4) is 11.5 Å². The van der Waals surface area contributed by atoms with Gasteiger partial charge in [0.25, 0.3) is 0 Å². The first-order valence-electron chi connectivity index (χ1n) is 5.91. The summed E-state index contributed by atoms with van der Waals surface area (Å²) in [5.74, 6) is 0.796. The molecule has 20 heavy (non-hydrogen) atoms. The average molecular weight is 282 g/mol. The molecule has 6 heteroatoms. The van der Waals surface area contributed by atoms with Crippen LogP contribution in [0.3, 0.4) is 0 Å². The number of nitrogens with zero attached hydrogens (tertiary/aromatic N) is 1. The van der Waals surface area contributed by atoms with Gasteiger partial charge in [0.2, 0.25) is 0 Å². The van der Waals surface area contributed by atoms with Crippen LogP contribution < -0.4 is 10.5 Å². The van der Waals surface area contributed by atoms with E-state index in [9.17, 15) is 13.2 Å². The maximum absolute atomic E-state index is 12.8. The second-order valence-electron chi connectivity index (χ2n) is 4.21. The molecule has 1 aromatic heterocycles. The number of hydrogen-bond acceptors (Lipinski definition) is 3. The van der Waals surface area contributed by atoms with E-state index >= 15 is 0 Å². The average Bonchev–Trinajstić information content (AvgIpc) is 2.40. The number of nitrogens with two attached hydrogens (primary N) is 1. The van der Waals surface area contributed by atoms with Gasteiger partial charge in [-0.25, -0.2) is 0 Å². The highest BCUT2D eigenvalue weighted by Crippen LogP contribution is 2.34. The standard InChI is InChI=1S/C14H13F3N2O/c1-9-13(3-2-6-19-9)20-11-4-5-12(14(15,16)17)10(7-11)8-18/h2-7H,8,18H2,1H3. The van der Waals surface area contributed by atoms with E-state index < -0.39 is 11.7 Å². The summed E-state index contributed by atoms with van der Waals surface area (Å²) in [5.41, 5.74) is 5.28. The minimum atomic E-state index is -4.42. The highest BCUT2D eigenvalue weighted by molar-refractivity contribution is 5.40. The minimum Gasteiger partial charge on any atom is -0.455 e. The van der Waals surface area contributed by atoms with Gasteiger partial charge in [0, 0.05) is 12.7 Å². The Kier molecular flexibility index (Phi) is 3.94. The number of halogens is 3. The molecule has 0 fully saturated rings. The van der Waals surface area contributed by atoms with Crippen molar-refractivity contribution < 1.29 is 17.9 Å². The van der Waals surface area contributed by atoms with Gasteiger partial charge in [-0.05, 0) is 42.8 Å². The Balaban J connectivity index is 2.33. The van der Waals surface area contributed by atoms with Gasteiger partial charge in [-0.3, -0.25) is 4.98 Å². The molecule has 106 valence electrons. The van der Waals surface area contributed by atoms with Crippen LogP contribution in [0.2, 0.25) is 0 Å². The summed E-state index contributed by atoms with van der Waals surface area (Å²) < 4.78 is 43.8. The van der Waals surface area contributed by atoms with Gasteiger partial charge in [0.1, 0.15) is 11.5 Å². The van der Waals surface area contributed by atoms with Crippen LogP contribution in [0, 0.1) is 6.92 Å². The maximum Gasteiger partial charge on any atom is 0.416 e. The molecule has 3 nitrogen and oxygen atoms in total. The van der Waals surface area contributed by atoms with E-state index in [0.717, 1.165) is 6.07 Å². The number of hydrogen-bond donors (Lipinski definition) is 1. The molecule has 0 spiro atoms. The van der Waals surface area contributed by atoms with Gasteiger partial charge in [0.05, 0.1) is 11.3 Å². The Labute approximate surface area is 114 Å². The third-order valence-electron chi connectivity index (χ3n) is 2.79. The van der Waals surface area contributed by atoms with Gasteiger partial charge in [-0.2, -0.15) is 13.2 Å². The molecule has 2 N–H and O–H groups in total. The van der Waals surface area contributed by atoms with Crippen molar-refractivity contribution in [2.75, 3.05) is 0 Å². The molecule has 2 aromatic rings. The van der Waals surface area contributed by atoms with E-state index in [1.807, 2.05) is 0 Å². The van der Waals surface area contributed by atoms with Crippen molar-refractivity contribution in [1.29, 1.82) is 0 Å². The van der Waals surface area contributed by atoms with Crippen LogP contribution in [-0.4, -0.2) is 4.98 Å². The maximum atomic E-state index is 12.8. The molecule has 0 aliphatic heterocycles. The van der Waals surface area contributed by atoms with Gasteiger partial charge in [0.15, 0.2) is 0 Å². The fourth-order valence-corrected chi connectivity index (χ4v) is 1.78. The molecule has 0 radical (unpaired) electrons. The summed E-state index contributed by atoms with van der Waals surface area (Å²) in [6, 6.07) is 6.94. The highest BCUT2D eigenvalue weighted by Gasteiger charge is 2.33. The quantitative estimate of drug-likeness (QED) is 0.934. The fraction of sp³-hybridized carbons (Fsp3) is 0.214. The zero-order valence-electron chi connectivity index (χ0n) is 10.7. The monoisotopic (exact) mass is 282 g/mol. The molecule has 0 aliphatic rings. The van der Waals surface area contributed by atoms with Gasteiger partial charge < -0.3 is 10.5 Å². The first-order chi connectivity index (χ1) is 9.41. The van der Waals surface area contributed by atoms with Crippen molar-refractivity contribution in [3.05, 3.63) is 53.3 Å². The summed E-state index contributed by atoms with van der Waals surface area (Å²) in [6.07, 6.45) is -2.81. The summed E-state index contributed by atoms with van der Waals surface area (Å²) in [5, 5.41) is 0. The zero-order valence-corrected chi connectivity index (χ0v) is 10.7. The lowest BCUT2D eigenvalue weighted by molar-refractivity contribution is -0.138. The summed E-state index contributed by atoms with van der Waals surface area (Å²) in [6.45, 7) is 1.54. The van der Waals surface area contributed by atoms with Crippen molar-refractivity contribution in [2.24, 2.45) is 5.73 Å². The first kappa shape index (κ1) is 14.3. The van der Waals surface area contributed by atoms with E-state index in [4.69, 9.17) is 10.5 Å². The number of ether oxygens (including phenoxy) is 1. The van der Waals surface area contributed by atoms with Crippen LogP contribution >= 0.6 is 0 Å². The fourth-order valence-electron chi connectivity index (χ4n) is 1.78. The molecule has 2 rings (SSSR count). The van der Waals surface area contributed by atoms with Crippen LogP contribution in [-0.2, 0) is 12.7 Å². The lowest BCUT2D eigenvalue weighted by atomic mass is 10.1. The van der Waals surface area contributed by atoms with E-state index in [1.54, 1.807) is 25.3 Å². The summed E-state index contributed by atoms with van der Waals surface area (Å²) in [4.78, 5) is 4.04. The molecule has 1 aromatic carbocycles. The Morgan fingerprint density at radius 1 is 1.25 bits per heavy atom. The molecule has 0 aliphatic carbocycles. The second kappa shape index (κ2) is 5.50. The SMILES string of the molecule is Cc1ncccc1Oc1ccc(C(F)(F)F)c(CN)c1. The van der Waals surface area contributed by atoms with Crippen LogP contribution in [0.4, 0.5) is 13.2 Å². The lowest BCUT2D eigenvalue weighted by Crippen LogP contribution is -2.11. The Hall–Kier alpha value is -2.08. The molecule has 0 atom stereocenters. The number of rotatable bonds is 3. The third-order valence-corrected chi connectivity index (χ3v) is 2.79. The number of pyridine rings is 1. The number of benzene rings is 1. The van der Waals surface area contributed by atoms with Crippen molar-refractivity contribution in [1.82, 2.24) is 4.98 Å². The molecular weight excluding hydrogens is 269 g/mol. The van der Waals surface area contributed by atoms with Crippen LogP contribution in [0.15, 0.2) is 36.5 Å². The number of aromatic nitrogens is 1. The van der Waals surface area contributed by atoms with Crippen molar-refractivity contribution >= 4 is 0 Å². The molecule has 0 amide bonds. The molecule has 0 unspecified atom stereocenters. The summed E-state index contributed by atoms with van der Waals surface area (Å²) >= 11 is 0. The normalized spacial score (nSPS) is 11.4. The molecule has 0 saturated heterocycles. The van der Waals surface area contributed by atoms with E-state index in [1.165, 1.54) is 12.1 Å². The number of alkyl halides is 3. The predicted molar refractivity (Wildman–Crippen MR) is 68.4 cm³/mol. The topological polar surface area (TPSA) is 48.1 Å². The molecule has 0 bridgehead atoms. The van der Waals surface area contributed by atoms with Crippen LogP contribution in [0.25, 0.3) is 0 Å². The Morgan fingerprint density at radius 3 is 2.60 bits per heavy atom.